The summed E-state index contributed by atoms with van der Waals surface area (Å²) in [6, 6.07) is 3.95. The molecule has 0 saturated carbocycles. The van der Waals surface area contributed by atoms with Crippen molar-refractivity contribution in [1.82, 2.24) is 14.8 Å². The summed E-state index contributed by atoms with van der Waals surface area (Å²) >= 11 is 0. The Labute approximate surface area is 118 Å². The number of nitrogens with two attached hydrogens (primary N) is 1. The minimum Gasteiger partial charge on any atom is -0.347 e. The smallest absolute Gasteiger partial charge is 0.274 e. The quantitative estimate of drug-likeness (QED) is 0.821. The Morgan fingerprint density at radius 1 is 1.50 bits per heavy atom. The zero-order chi connectivity index (χ0) is 14.7. The molecule has 1 aliphatic rings. The number of carbonyl (C=O) groups is 2. The molecule has 1 aromatic rings. The largest absolute Gasteiger partial charge is 0.347 e. The van der Waals surface area contributed by atoms with Crippen LogP contribution in [0.3, 0.4) is 0 Å². The molecule has 0 aromatic carbocycles. The van der Waals surface area contributed by atoms with Crippen LogP contribution >= 0.6 is 0 Å². The van der Waals surface area contributed by atoms with Crippen LogP contribution in [0.15, 0.2) is 18.3 Å². The highest BCUT2D eigenvalue weighted by Crippen LogP contribution is 2.15. The van der Waals surface area contributed by atoms with E-state index in [0.29, 0.717) is 5.69 Å². The van der Waals surface area contributed by atoms with Gasteiger partial charge in [0.15, 0.2) is 0 Å². The number of rotatable bonds is 3. The second kappa shape index (κ2) is 6.19. The summed E-state index contributed by atoms with van der Waals surface area (Å²) < 4.78 is 1.69. The Hall–Kier alpha value is -1.66. The van der Waals surface area contributed by atoms with Gasteiger partial charge in [-0.25, -0.2) is 0 Å². The Morgan fingerprint density at radius 3 is 2.85 bits per heavy atom. The Bertz CT molecular complexity index is 497. The molecule has 2 rings (SSSR count). The van der Waals surface area contributed by atoms with Gasteiger partial charge in [0.2, 0.25) is 5.91 Å². The van der Waals surface area contributed by atoms with Gasteiger partial charge in [0, 0.05) is 31.9 Å². The average Bonchev–Trinajstić information content (AvgIpc) is 2.79. The molecular weight excluding hydrogens is 256 g/mol. The number of imide groups is 1. The standard InChI is InChI=1S/C14H22N4O2/c1-10-8-11(15)5-7-18(10)9-13(19)16-14(20)12-4-3-6-17(12)2/h3-4,6,10-11H,5,7-9,15H2,1-2H3,(H,16,19,20). The minimum absolute atomic E-state index is 0.217. The third-order valence-corrected chi connectivity index (χ3v) is 3.83. The summed E-state index contributed by atoms with van der Waals surface area (Å²) in [7, 11) is 1.77. The number of nitrogens with one attached hydrogen (secondary N) is 1. The predicted octanol–water partition coefficient (Wildman–Crippen LogP) is 0.0931. The minimum atomic E-state index is -0.358. The summed E-state index contributed by atoms with van der Waals surface area (Å²) in [5.41, 5.74) is 6.37. The highest BCUT2D eigenvalue weighted by Gasteiger charge is 2.25. The van der Waals surface area contributed by atoms with Crippen LogP contribution in [0.25, 0.3) is 0 Å². The third kappa shape index (κ3) is 3.46. The Morgan fingerprint density at radius 2 is 2.25 bits per heavy atom. The van der Waals surface area contributed by atoms with Crippen molar-refractivity contribution in [3.63, 3.8) is 0 Å². The lowest BCUT2D eigenvalue weighted by Gasteiger charge is -2.35. The zero-order valence-electron chi connectivity index (χ0n) is 12.0. The topological polar surface area (TPSA) is 80.4 Å². The highest BCUT2D eigenvalue weighted by atomic mass is 16.2. The first-order valence-electron chi connectivity index (χ1n) is 6.92. The summed E-state index contributed by atoms with van der Waals surface area (Å²) in [6.45, 7) is 3.10. The van der Waals surface area contributed by atoms with E-state index in [1.165, 1.54) is 0 Å². The van der Waals surface area contributed by atoms with Gasteiger partial charge in [-0.05, 0) is 31.9 Å². The fourth-order valence-corrected chi connectivity index (χ4v) is 2.60. The van der Waals surface area contributed by atoms with E-state index in [-0.39, 0.29) is 30.4 Å². The third-order valence-electron chi connectivity index (χ3n) is 3.83. The molecule has 1 aromatic heterocycles. The molecule has 20 heavy (non-hydrogen) atoms. The van der Waals surface area contributed by atoms with Crippen molar-refractivity contribution >= 4 is 11.8 Å². The van der Waals surface area contributed by atoms with Crippen LogP contribution < -0.4 is 11.1 Å². The first kappa shape index (κ1) is 14.7. The van der Waals surface area contributed by atoms with Crippen LogP contribution in [0.2, 0.25) is 0 Å². The number of amides is 2. The number of hydrogen-bond donors (Lipinski definition) is 2. The van der Waals surface area contributed by atoms with Gasteiger partial charge in [-0.2, -0.15) is 0 Å². The maximum atomic E-state index is 11.9. The molecule has 0 spiro atoms. The molecule has 110 valence electrons. The molecule has 2 amide bonds. The SMILES string of the molecule is CC1CC(N)CCN1CC(=O)NC(=O)c1cccn1C. The maximum absolute atomic E-state index is 11.9. The van der Waals surface area contributed by atoms with E-state index in [1.54, 1.807) is 29.9 Å². The summed E-state index contributed by atoms with van der Waals surface area (Å²) in [5.74, 6) is -0.623. The van der Waals surface area contributed by atoms with Crippen LogP contribution in [0, 0.1) is 0 Å². The molecule has 2 atom stereocenters. The Kier molecular flexibility index (Phi) is 4.57. The fourth-order valence-electron chi connectivity index (χ4n) is 2.60. The van der Waals surface area contributed by atoms with Gasteiger partial charge in [0.1, 0.15) is 5.69 Å². The molecular formula is C14H22N4O2. The Balaban J connectivity index is 1.87. The highest BCUT2D eigenvalue weighted by molar-refractivity contribution is 6.04. The molecule has 6 nitrogen and oxygen atoms in total. The molecule has 2 unspecified atom stereocenters. The van der Waals surface area contributed by atoms with E-state index in [1.807, 2.05) is 0 Å². The van der Waals surface area contributed by atoms with Crippen LogP contribution in [-0.4, -0.2) is 46.5 Å². The van der Waals surface area contributed by atoms with E-state index in [0.717, 1.165) is 19.4 Å². The predicted molar refractivity (Wildman–Crippen MR) is 76.1 cm³/mol. The van der Waals surface area contributed by atoms with Crippen molar-refractivity contribution in [2.75, 3.05) is 13.1 Å². The number of likely N-dealkylation sites (tertiary alicyclic amines) is 1. The molecule has 0 aliphatic carbocycles. The van der Waals surface area contributed by atoms with Crippen molar-refractivity contribution < 1.29 is 9.59 Å². The number of aromatic nitrogens is 1. The summed E-state index contributed by atoms with van der Waals surface area (Å²) in [4.78, 5) is 25.9. The molecule has 2 heterocycles. The molecule has 1 aliphatic heterocycles. The van der Waals surface area contributed by atoms with E-state index >= 15 is 0 Å². The molecule has 3 N–H and O–H groups in total. The van der Waals surface area contributed by atoms with E-state index in [4.69, 9.17) is 5.73 Å². The number of carbonyl (C=O) groups excluding carboxylic acids is 2. The van der Waals surface area contributed by atoms with E-state index in [9.17, 15) is 9.59 Å². The van der Waals surface area contributed by atoms with Gasteiger partial charge >= 0.3 is 0 Å². The molecule has 0 radical (unpaired) electrons. The van der Waals surface area contributed by atoms with Crippen molar-refractivity contribution in [2.24, 2.45) is 12.8 Å². The zero-order valence-corrected chi connectivity index (χ0v) is 12.0. The second-order valence-corrected chi connectivity index (χ2v) is 5.49. The van der Waals surface area contributed by atoms with Crippen molar-refractivity contribution in [2.45, 2.75) is 31.8 Å². The number of aryl methyl sites for hydroxylation is 1. The number of piperidine rings is 1. The summed E-state index contributed by atoms with van der Waals surface area (Å²) in [6.07, 6.45) is 3.55. The average molecular weight is 278 g/mol. The molecule has 0 bridgehead atoms. The van der Waals surface area contributed by atoms with Crippen molar-refractivity contribution in [3.8, 4) is 0 Å². The lowest BCUT2D eigenvalue weighted by Crippen LogP contribution is -2.50. The van der Waals surface area contributed by atoms with Crippen LogP contribution in [0.1, 0.15) is 30.3 Å². The lowest BCUT2D eigenvalue weighted by molar-refractivity contribution is -0.122. The van der Waals surface area contributed by atoms with Crippen LogP contribution in [-0.2, 0) is 11.8 Å². The van der Waals surface area contributed by atoms with Gasteiger partial charge in [-0.15, -0.1) is 0 Å². The van der Waals surface area contributed by atoms with Gasteiger partial charge in [-0.1, -0.05) is 0 Å². The van der Waals surface area contributed by atoms with Gasteiger partial charge in [-0.3, -0.25) is 19.8 Å². The van der Waals surface area contributed by atoms with Crippen molar-refractivity contribution in [1.29, 1.82) is 0 Å². The van der Waals surface area contributed by atoms with E-state index < -0.39 is 0 Å². The normalized spacial score (nSPS) is 23.6. The monoisotopic (exact) mass is 278 g/mol. The number of hydrogen-bond acceptors (Lipinski definition) is 4. The van der Waals surface area contributed by atoms with Gasteiger partial charge < -0.3 is 10.3 Å². The molecule has 1 fully saturated rings. The van der Waals surface area contributed by atoms with E-state index in [2.05, 4.69) is 17.1 Å². The van der Waals surface area contributed by atoms with Gasteiger partial charge in [0.25, 0.3) is 5.91 Å². The first-order valence-corrected chi connectivity index (χ1v) is 6.92. The van der Waals surface area contributed by atoms with Crippen LogP contribution in [0.4, 0.5) is 0 Å². The van der Waals surface area contributed by atoms with Crippen molar-refractivity contribution in [3.05, 3.63) is 24.0 Å². The van der Waals surface area contributed by atoms with Gasteiger partial charge in [0.05, 0.1) is 6.54 Å². The number of nitrogens with zero attached hydrogens (tertiary/aromatic N) is 2. The maximum Gasteiger partial charge on any atom is 0.274 e. The summed E-state index contributed by atoms with van der Waals surface area (Å²) in [5, 5.41) is 2.43. The van der Waals surface area contributed by atoms with Crippen LogP contribution in [0.5, 0.6) is 0 Å². The molecule has 1 saturated heterocycles. The second-order valence-electron chi connectivity index (χ2n) is 5.49. The molecule has 6 heteroatoms. The lowest BCUT2D eigenvalue weighted by atomic mass is 9.99. The first-order chi connectivity index (χ1) is 9.47. The fraction of sp³-hybridized carbons (Fsp3) is 0.571.